The number of nitrogens with zero attached hydrogens (tertiary/aromatic N) is 4. The first-order valence-corrected chi connectivity index (χ1v) is 19.1. The normalized spacial score (nSPS) is 19.6. The van der Waals surface area contributed by atoms with Gasteiger partial charge in [-0.05, 0) is 84.8 Å². The molecule has 4 atom stereocenters. The number of hydrogen-bond donors (Lipinski definition) is 4. The van der Waals surface area contributed by atoms with Crippen LogP contribution in [0.3, 0.4) is 0 Å². The van der Waals surface area contributed by atoms with Crippen molar-refractivity contribution in [1.82, 2.24) is 30.4 Å². The number of fused-ring (bicyclic) bond motifs is 1. The molecular weight excluding hydrogens is 686 g/mol. The molecule has 3 aliphatic heterocycles. The van der Waals surface area contributed by atoms with Crippen LogP contribution in [0.4, 0.5) is 4.79 Å². The lowest BCUT2D eigenvalue weighted by Crippen LogP contribution is -2.54. The maximum Gasteiger partial charge on any atom is 0.407 e. The van der Waals surface area contributed by atoms with E-state index in [1.54, 1.807) is 0 Å². The maximum absolute atomic E-state index is 13.6. The monoisotopic (exact) mass is 739 g/mol. The fourth-order valence-corrected chi connectivity index (χ4v) is 7.91. The number of methoxy groups -OCH3 is 1. The average Bonchev–Trinajstić information content (AvgIpc) is 3.99. The summed E-state index contributed by atoms with van der Waals surface area (Å²) >= 11 is 0. The Hall–Kier alpha value is -5.04. The number of aromatic nitrogens is 2. The number of imidazole rings is 1. The molecule has 2 saturated heterocycles. The van der Waals surface area contributed by atoms with Crippen molar-refractivity contribution < 1.29 is 29.0 Å². The molecule has 13 nitrogen and oxygen atoms in total. The van der Waals surface area contributed by atoms with Crippen LogP contribution < -0.4 is 10.6 Å². The van der Waals surface area contributed by atoms with E-state index in [0.717, 1.165) is 66.7 Å². The van der Waals surface area contributed by atoms with Crippen LogP contribution in [0, 0.1) is 11.8 Å². The number of aliphatic hydroxyl groups excluding tert-OH is 1. The lowest BCUT2D eigenvalue weighted by molar-refractivity contribution is -0.138. The molecule has 0 spiro atoms. The van der Waals surface area contributed by atoms with Crippen LogP contribution >= 0.6 is 0 Å². The third-order valence-electron chi connectivity index (χ3n) is 10.8. The number of aliphatic hydroxyl groups is 1. The lowest BCUT2D eigenvalue weighted by Gasteiger charge is -2.31. The number of hydrogen-bond acceptors (Lipinski definition) is 8. The van der Waals surface area contributed by atoms with Gasteiger partial charge in [-0.1, -0.05) is 58.0 Å². The molecule has 3 aromatic rings. The highest BCUT2D eigenvalue weighted by Gasteiger charge is 2.39. The minimum Gasteiger partial charge on any atom is -0.453 e. The van der Waals surface area contributed by atoms with Gasteiger partial charge in [0, 0.05) is 31.4 Å². The van der Waals surface area contributed by atoms with Crippen LogP contribution in [0.5, 0.6) is 0 Å². The average molecular weight is 740 g/mol. The summed E-state index contributed by atoms with van der Waals surface area (Å²) < 4.78 is 4.76. The Kier molecular flexibility index (Phi) is 12.2. The van der Waals surface area contributed by atoms with Crippen LogP contribution in [-0.2, 0) is 32.0 Å². The highest BCUT2D eigenvalue weighted by atomic mass is 16.5. The fourth-order valence-electron chi connectivity index (χ4n) is 7.91. The molecule has 54 heavy (non-hydrogen) atoms. The second-order valence-corrected chi connectivity index (χ2v) is 15.4. The molecule has 0 aliphatic carbocycles. The van der Waals surface area contributed by atoms with Crippen molar-refractivity contribution in [3.8, 4) is 0 Å². The summed E-state index contributed by atoms with van der Waals surface area (Å²) in [7, 11) is 1.29. The number of benzene rings is 2. The van der Waals surface area contributed by atoms with Crippen molar-refractivity contribution in [2.24, 2.45) is 16.8 Å². The molecule has 0 saturated carbocycles. The van der Waals surface area contributed by atoms with E-state index in [1.165, 1.54) is 23.8 Å². The number of allylic oxidation sites excluding steroid dienone is 1. The smallest absolute Gasteiger partial charge is 0.407 e. The number of aliphatic imine (C=N–C) groups is 1. The summed E-state index contributed by atoms with van der Waals surface area (Å²) in [4.78, 5) is 67.7. The highest BCUT2D eigenvalue weighted by molar-refractivity contribution is 5.98. The van der Waals surface area contributed by atoms with Crippen molar-refractivity contribution in [1.29, 1.82) is 0 Å². The Morgan fingerprint density at radius 2 is 1.44 bits per heavy atom. The summed E-state index contributed by atoms with van der Waals surface area (Å²) in [6.45, 7) is 8.19. The summed E-state index contributed by atoms with van der Waals surface area (Å²) in [5.41, 5.74) is 7.49. The third kappa shape index (κ3) is 8.67. The summed E-state index contributed by atoms with van der Waals surface area (Å²) in [5, 5.41) is 14.6. The standard InChI is InChI=1S/C41H53N7O6/c1-24(2)36(45-35(50)23-49)39(51)47-16-6-8-33(47)32-21-29(22-42-32)19-27-12-10-26(11-13-27)18-28-14-15-30-31(20-28)44-38(43-30)34-9-7-17-48(34)40(52)37(25(3)4)46-41(53)54-5/h10-15,20,22,24-25,33-34,36-37,49H,6-9,16-19,21,23H2,1-5H3,(H,43,44)(H,45,50)(H,46,53). The molecule has 3 aliphatic rings. The first-order valence-electron chi connectivity index (χ1n) is 19.1. The van der Waals surface area contributed by atoms with Gasteiger partial charge in [0.1, 0.15) is 24.5 Å². The van der Waals surface area contributed by atoms with Gasteiger partial charge < -0.3 is 35.3 Å². The number of carbonyl (C=O) groups is 4. The SMILES string of the molecule is COC(=O)NC(C(=O)N1CCCC1c1nc2ccc(Cc3ccc(CC4=CN=C(C5CCCN5C(=O)C(NC(=O)CO)C(C)C)C4)cc3)cc2[nH]1)C(C)C. The Morgan fingerprint density at radius 3 is 2.07 bits per heavy atom. The summed E-state index contributed by atoms with van der Waals surface area (Å²) in [5.74, 6) is -0.244. The van der Waals surface area contributed by atoms with E-state index >= 15 is 0 Å². The van der Waals surface area contributed by atoms with Gasteiger partial charge in [-0.15, -0.1) is 0 Å². The van der Waals surface area contributed by atoms with E-state index in [4.69, 9.17) is 14.7 Å². The lowest BCUT2D eigenvalue weighted by atomic mass is 9.96. The molecule has 0 radical (unpaired) electrons. The first-order chi connectivity index (χ1) is 25.9. The molecule has 288 valence electrons. The number of alkyl carbamates (subject to hydrolysis) is 1. The predicted molar refractivity (Wildman–Crippen MR) is 206 cm³/mol. The van der Waals surface area contributed by atoms with E-state index in [2.05, 4.69) is 52.0 Å². The van der Waals surface area contributed by atoms with Gasteiger partial charge in [0.2, 0.25) is 17.7 Å². The van der Waals surface area contributed by atoms with Crippen molar-refractivity contribution in [3.63, 3.8) is 0 Å². The van der Waals surface area contributed by atoms with Crippen LogP contribution in [0.25, 0.3) is 11.0 Å². The molecule has 13 heteroatoms. The van der Waals surface area contributed by atoms with Crippen molar-refractivity contribution in [2.75, 3.05) is 26.8 Å². The molecule has 2 fully saturated rings. The van der Waals surface area contributed by atoms with E-state index in [9.17, 15) is 24.3 Å². The quantitative estimate of drug-likeness (QED) is 0.199. The highest BCUT2D eigenvalue weighted by Crippen LogP contribution is 2.33. The first kappa shape index (κ1) is 38.7. The molecule has 4 amide bonds. The largest absolute Gasteiger partial charge is 0.453 e. The zero-order valence-electron chi connectivity index (χ0n) is 31.9. The van der Waals surface area contributed by atoms with Gasteiger partial charge in [-0.3, -0.25) is 19.4 Å². The Bertz CT molecular complexity index is 1920. The number of rotatable bonds is 13. The number of ether oxygens (including phenoxy) is 1. The molecule has 1 aromatic heterocycles. The topological polar surface area (TPSA) is 169 Å². The Labute approximate surface area is 316 Å². The van der Waals surface area contributed by atoms with Crippen molar-refractivity contribution >= 4 is 40.6 Å². The number of aromatic amines is 1. The number of nitrogens with one attached hydrogen (secondary N) is 3. The van der Waals surface area contributed by atoms with E-state index in [0.29, 0.717) is 19.5 Å². The Balaban J connectivity index is 1.05. The molecule has 4 heterocycles. The van der Waals surface area contributed by atoms with Gasteiger partial charge in [0.25, 0.3) is 0 Å². The predicted octanol–water partition coefficient (Wildman–Crippen LogP) is 4.59. The Morgan fingerprint density at radius 1 is 0.852 bits per heavy atom. The summed E-state index contributed by atoms with van der Waals surface area (Å²) in [6.07, 6.45) is 6.95. The van der Waals surface area contributed by atoms with E-state index in [-0.39, 0.29) is 35.7 Å². The van der Waals surface area contributed by atoms with Gasteiger partial charge >= 0.3 is 6.09 Å². The van der Waals surface area contributed by atoms with Gasteiger partial charge in [-0.25, -0.2) is 9.78 Å². The number of amides is 4. The van der Waals surface area contributed by atoms with Crippen LogP contribution in [0.15, 0.2) is 59.2 Å². The molecule has 2 aromatic carbocycles. The minimum atomic E-state index is -0.681. The van der Waals surface area contributed by atoms with E-state index < -0.39 is 30.7 Å². The minimum absolute atomic E-state index is 0.0867. The zero-order chi connectivity index (χ0) is 38.5. The maximum atomic E-state index is 13.6. The third-order valence-corrected chi connectivity index (χ3v) is 10.8. The van der Waals surface area contributed by atoms with Crippen LogP contribution in [-0.4, -0.2) is 99.3 Å². The second-order valence-electron chi connectivity index (χ2n) is 15.4. The number of likely N-dealkylation sites (tertiary alicyclic amines) is 2. The molecular formula is C41H53N7O6. The van der Waals surface area contributed by atoms with Crippen LogP contribution in [0.1, 0.15) is 88.4 Å². The van der Waals surface area contributed by atoms with Crippen molar-refractivity contribution in [2.45, 2.75) is 96.8 Å². The van der Waals surface area contributed by atoms with Crippen LogP contribution in [0.2, 0.25) is 0 Å². The summed E-state index contributed by atoms with van der Waals surface area (Å²) in [6, 6.07) is 13.2. The number of carbonyl (C=O) groups excluding carboxylic acids is 4. The number of H-pyrrole nitrogens is 1. The fraction of sp³-hybridized carbons (Fsp3) is 0.512. The molecule has 4 unspecified atom stereocenters. The zero-order valence-corrected chi connectivity index (χ0v) is 31.9. The van der Waals surface area contributed by atoms with Gasteiger partial charge in [0.15, 0.2) is 0 Å². The van der Waals surface area contributed by atoms with Crippen molar-refractivity contribution in [3.05, 3.63) is 76.8 Å². The second kappa shape index (κ2) is 17.0. The molecule has 6 rings (SSSR count). The van der Waals surface area contributed by atoms with E-state index in [1.807, 2.05) is 49.8 Å². The van der Waals surface area contributed by atoms with Gasteiger partial charge in [0.05, 0.1) is 30.2 Å². The van der Waals surface area contributed by atoms with Gasteiger partial charge in [-0.2, -0.15) is 0 Å². The molecule has 0 bridgehead atoms. The molecule has 4 N–H and O–H groups in total.